The lowest BCUT2D eigenvalue weighted by atomic mass is 9.29. The van der Waals surface area contributed by atoms with Crippen LogP contribution in [0.3, 0.4) is 0 Å². The first-order valence-corrected chi connectivity index (χ1v) is 11.0. The van der Waals surface area contributed by atoms with Crippen LogP contribution in [-0.2, 0) is 0 Å². The van der Waals surface area contributed by atoms with E-state index in [1.165, 1.54) is 0 Å². The van der Waals surface area contributed by atoms with Crippen molar-refractivity contribution in [1.82, 2.24) is 0 Å². The summed E-state index contributed by atoms with van der Waals surface area (Å²) >= 11 is 0. The van der Waals surface area contributed by atoms with Gasteiger partial charge in [0, 0.05) is 5.41 Å². The maximum atomic E-state index is 2.60. The Labute approximate surface area is 171 Å². The molecule has 0 saturated heterocycles. The molecule has 2 atom stereocenters. The van der Waals surface area contributed by atoms with E-state index in [-0.39, 0.29) is 37.9 Å². The van der Waals surface area contributed by atoms with E-state index >= 15 is 0 Å². The zero-order valence-electron chi connectivity index (χ0n) is 21.5. The second kappa shape index (κ2) is 5.34. The fraction of sp³-hybridized carbons (Fsp3) is 0.852. The largest absolute Gasteiger partial charge is 0.0673 e. The molecule has 156 valence electrons. The van der Waals surface area contributed by atoms with Crippen molar-refractivity contribution in [3.63, 3.8) is 0 Å². The first-order chi connectivity index (χ1) is 11.6. The second-order valence-electron chi connectivity index (χ2n) is 12.9. The van der Waals surface area contributed by atoms with Crippen molar-refractivity contribution in [2.45, 2.75) is 111 Å². The van der Waals surface area contributed by atoms with Crippen LogP contribution >= 0.6 is 0 Å². The average Bonchev–Trinajstić information content (AvgIpc) is 2.54. The van der Waals surface area contributed by atoms with Gasteiger partial charge in [-0.2, -0.15) is 0 Å². The lowest BCUT2D eigenvalue weighted by Crippen LogP contribution is -2.68. The molecule has 0 radical (unpaired) electrons. The number of allylic oxidation sites excluding steroid dienone is 4. The third kappa shape index (κ3) is 1.92. The highest BCUT2D eigenvalue weighted by Gasteiger charge is 2.72. The van der Waals surface area contributed by atoms with Gasteiger partial charge in [0.05, 0.1) is 0 Å². The summed E-state index contributed by atoms with van der Waals surface area (Å²) in [6, 6.07) is 0. The maximum Gasteiger partial charge on any atom is 0.0149 e. The molecule has 27 heavy (non-hydrogen) atoms. The van der Waals surface area contributed by atoms with Gasteiger partial charge in [-0.3, -0.25) is 0 Å². The van der Waals surface area contributed by atoms with Crippen molar-refractivity contribution >= 4 is 0 Å². The van der Waals surface area contributed by atoms with Crippen LogP contribution in [0.15, 0.2) is 22.3 Å². The minimum atomic E-state index is 0.0399. The van der Waals surface area contributed by atoms with Crippen molar-refractivity contribution in [1.29, 1.82) is 0 Å². The summed E-state index contributed by atoms with van der Waals surface area (Å²) in [7, 11) is 0. The fourth-order valence-corrected chi connectivity index (χ4v) is 8.03. The van der Waals surface area contributed by atoms with Gasteiger partial charge in [-0.25, -0.2) is 0 Å². The maximum absolute atomic E-state index is 2.60. The molecule has 0 saturated carbocycles. The summed E-state index contributed by atoms with van der Waals surface area (Å²) in [4.78, 5) is 0. The first-order valence-electron chi connectivity index (χ1n) is 11.0. The van der Waals surface area contributed by atoms with Crippen molar-refractivity contribution in [3.05, 3.63) is 22.3 Å². The van der Waals surface area contributed by atoms with Crippen LogP contribution < -0.4 is 0 Å². The van der Waals surface area contributed by atoms with Crippen LogP contribution in [-0.4, -0.2) is 0 Å². The number of hydrogen-bond acceptors (Lipinski definition) is 0. The second-order valence-corrected chi connectivity index (χ2v) is 12.9. The number of fused-ring (bicyclic) bond motifs is 4. The minimum absolute atomic E-state index is 0.0399. The number of hydrogen-bond donors (Lipinski definition) is 0. The fourth-order valence-electron chi connectivity index (χ4n) is 8.03. The molecule has 0 amide bonds. The Hall–Kier alpha value is -0.520. The predicted octanol–water partition coefficient (Wildman–Crippen LogP) is 8.83. The summed E-state index contributed by atoms with van der Waals surface area (Å²) < 4.78 is 0. The van der Waals surface area contributed by atoms with Crippen LogP contribution in [0.5, 0.6) is 0 Å². The molecule has 0 aliphatic heterocycles. The van der Waals surface area contributed by atoms with Crippen LogP contribution in [0.25, 0.3) is 0 Å². The SMILES string of the molecule is CC1=C(C)C2(C)/C(C)=C(\C)C(C)(C)C(C)(C1(C)C)C(C)(C)C(C)(C)C2(C)C. The van der Waals surface area contributed by atoms with Gasteiger partial charge in [0.1, 0.15) is 0 Å². The summed E-state index contributed by atoms with van der Waals surface area (Å²) in [5.74, 6) is 0. The average molecular weight is 373 g/mol. The van der Waals surface area contributed by atoms with Gasteiger partial charge in [0.15, 0.2) is 0 Å². The summed E-state index contributed by atoms with van der Waals surface area (Å²) in [6.07, 6.45) is 0. The molecule has 0 aromatic carbocycles. The molecule has 3 aliphatic rings. The Morgan fingerprint density at radius 2 is 0.667 bits per heavy atom. The minimum Gasteiger partial charge on any atom is -0.0673 e. The van der Waals surface area contributed by atoms with E-state index in [2.05, 4.69) is 111 Å². The smallest absolute Gasteiger partial charge is 0.0149 e. The van der Waals surface area contributed by atoms with E-state index < -0.39 is 0 Å². The molecule has 2 bridgehead atoms. The topological polar surface area (TPSA) is 0 Å². The Morgan fingerprint density at radius 1 is 0.370 bits per heavy atom. The van der Waals surface area contributed by atoms with Gasteiger partial charge >= 0.3 is 0 Å². The quantitative estimate of drug-likeness (QED) is 0.372. The van der Waals surface area contributed by atoms with Gasteiger partial charge in [0.25, 0.3) is 0 Å². The van der Waals surface area contributed by atoms with E-state index in [9.17, 15) is 0 Å². The van der Waals surface area contributed by atoms with E-state index in [1.54, 1.807) is 22.3 Å². The lowest BCUT2D eigenvalue weighted by molar-refractivity contribution is -0.214. The van der Waals surface area contributed by atoms with E-state index in [0.29, 0.717) is 0 Å². The highest BCUT2D eigenvalue weighted by molar-refractivity contribution is 5.46. The lowest BCUT2D eigenvalue weighted by Gasteiger charge is -2.75. The molecule has 3 rings (SSSR count). The number of rotatable bonds is 0. The molecule has 0 heterocycles. The van der Waals surface area contributed by atoms with Gasteiger partial charge in [-0.15, -0.1) is 0 Å². The molecule has 0 spiro atoms. The highest BCUT2D eigenvalue weighted by atomic mass is 14.8. The first kappa shape index (κ1) is 22.8. The zero-order chi connectivity index (χ0) is 21.8. The Morgan fingerprint density at radius 3 is 0.963 bits per heavy atom. The molecular formula is C27H48. The third-order valence-corrected chi connectivity index (χ3v) is 12.6. The van der Waals surface area contributed by atoms with Crippen LogP contribution in [0.2, 0.25) is 0 Å². The normalized spacial score (nSPS) is 41.8. The Balaban J connectivity index is 3.37. The van der Waals surface area contributed by atoms with Crippen molar-refractivity contribution in [2.24, 2.45) is 37.9 Å². The standard InChI is InChI=1S/C27H48/c1-17-19(3)26(15)20(4)18(2)22(7,8)27(16,21(17,5)6)25(13,14)23(9,10)24(26,11)12/h1-16H3/b19-17+,20-18?. The predicted molar refractivity (Wildman–Crippen MR) is 122 cm³/mol. The van der Waals surface area contributed by atoms with E-state index in [4.69, 9.17) is 0 Å². The van der Waals surface area contributed by atoms with Gasteiger partial charge < -0.3 is 0 Å². The molecule has 3 aliphatic carbocycles. The molecular weight excluding hydrogens is 324 g/mol. The molecule has 0 nitrogen and oxygen atoms in total. The van der Waals surface area contributed by atoms with Crippen molar-refractivity contribution < 1.29 is 0 Å². The molecule has 0 aromatic heterocycles. The Kier molecular flexibility index (Phi) is 4.50. The van der Waals surface area contributed by atoms with Gasteiger partial charge in [-0.05, 0) is 60.2 Å². The highest BCUT2D eigenvalue weighted by Crippen LogP contribution is 2.79. The Bertz CT molecular complexity index is 690. The molecule has 0 heteroatoms. The molecule has 0 N–H and O–H groups in total. The summed E-state index contributed by atoms with van der Waals surface area (Å²) in [6.45, 7) is 40.3. The van der Waals surface area contributed by atoms with Crippen molar-refractivity contribution in [2.75, 3.05) is 0 Å². The molecule has 0 fully saturated rings. The monoisotopic (exact) mass is 372 g/mol. The van der Waals surface area contributed by atoms with Crippen LogP contribution in [0.4, 0.5) is 0 Å². The van der Waals surface area contributed by atoms with E-state index in [0.717, 1.165) is 0 Å². The van der Waals surface area contributed by atoms with Gasteiger partial charge in [0.2, 0.25) is 0 Å². The zero-order valence-corrected chi connectivity index (χ0v) is 21.5. The summed E-state index contributed by atoms with van der Waals surface area (Å²) in [5, 5.41) is 0. The van der Waals surface area contributed by atoms with Crippen LogP contribution in [0, 0.1) is 37.9 Å². The van der Waals surface area contributed by atoms with E-state index in [1.807, 2.05) is 0 Å². The van der Waals surface area contributed by atoms with Crippen LogP contribution in [0.1, 0.15) is 111 Å². The summed E-state index contributed by atoms with van der Waals surface area (Å²) in [5.41, 5.74) is 7.11. The third-order valence-electron chi connectivity index (χ3n) is 12.6. The molecule has 0 aromatic rings. The molecule has 2 unspecified atom stereocenters. The van der Waals surface area contributed by atoms with Gasteiger partial charge in [-0.1, -0.05) is 105 Å². The van der Waals surface area contributed by atoms with Crippen molar-refractivity contribution in [3.8, 4) is 0 Å².